The van der Waals surface area contributed by atoms with Crippen molar-refractivity contribution >= 4 is 21.9 Å². The molecular formula is C15H22BrNO2. The number of benzene rings is 1. The molecule has 0 aliphatic heterocycles. The van der Waals surface area contributed by atoms with Crippen LogP contribution in [-0.4, -0.2) is 29.1 Å². The quantitative estimate of drug-likeness (QED) is 0.826. The minimum absolute atomic E-state index is 0.127. The van der Waals surface area contributed by atoms with E-state index >= 15 is 0 Å². The van der Waals surface area contributed by atoms with Crippen LogP contribution in [0.5, 0.6) is 0 Å². The van der Waals surface area contributed by atoms with E-state index in [4.69, 9.17) is 0 Å². The Morgan fingerprint density at radius 2 is 1.95 bits per heavy atom. The summed E-state index contributed by atoms with van der Waals surface area (Å²) in [7, 11) is 0. The molecule has 0 bridgehead atoms. The Kier molecular flexibility index (Phi) is 6.01. The van der Waals surface area contributed by atoms with E-state index in [0.29, 0.717) is 0 Å². The Bertz CT molecular complexity index is 432. The zero-order chi connectivity index (χ0) is 14.5. The third-order valence-electron chi connectivity index (χ3n) is 3.76. The van der Waals surface area contributed by atoms with Crippen LogP contribution in [-0.2, 0) is 10.3 Å². The number of nitrogens with zero attached hydrogens (tertiary/aromatic N) is 1. The molecule has 4 heteroatoms. The van der Waals surface area contributed by atoms with Crippen LogP contribution in [0.15, 0.2) is 28.7 Å². The fourth-order valence-electron chi connectivity index (χ4n) is 2.81. The zero-order valence-corrected chi connectivity index (χ0v) is 13.4. The first-order valence-electron chi connectivity index (χ1n) is 6.73. The number of aliphatic carboxylic acids is 1. The number of hydrogen-bond donors (Lipinski definition) is 1. The molecule has 1 unspecified atom stereocenters. The van der Waals surface area contributed by atoms with Crippen molar-refractivity contribution in [3.8, 4) is 0 Å². The third kappa shape index (κ3) is 3.57. The SMILES string of the molecule is CCN(CC)C(CC)(CC(=O)O)c1cccc(Br)c1. The van der Waals surface area contributed by atoms with Crippen molar-refractivity contribution in [3.05, 3.63) is 34.3 Å². The molecular weight excluding hydrogens is 306 g/mol. The molecule has 1 rings (SSSR count). The molecule has 1 N–H and O–H groups in total. The zero-order valence-electron chi connectivity index (χ0n) is 11.8. The fourth-order valence-corrected chi connectivity index (χ4v) is 3.21. The molecule has 19 heavy (non-hydrogen) atoms. The van der Waals surface area contributed by atoms with Gasteiger partial charge in [0, 0.05) is 4.47 Å². The van der Waals surface area contributed by atoms with Gasteiger partial charge in [-0.1, -0.05) is 48.8 Å². The minimum Gasteiger partial charge on any atom is -0.481 e. The van der Waals surface area contributed by atoms with E-state index in [1.54, 1.807) is 0 Å². The Morgan fingerprint density at radius 1 is 1.32 bits per heavy atom. The molecule has 0 aliphatic carbocycles. The normalized spacial score (nSPS) is 14.4. The molecule has 1 aromatic carbocycles. The summed E-state index contributed by atoms with van der Waals surface area (Å²) in [6.45, 7) is 7.89. The summed E-state index contributed by atoms with van der Waals surface area (Å²) in [4.78, 5) is 13.6. The van der Waals surface area contributed by atoms with Crippen molar-refractivity contribution in [1.29, 1.82) is 0 Å². The number of carbonyl (C=O) groups is 1. The monoisotopic (exact) mass is 327 g/mol. The van der Waals surface area contributed by atoms with Crippen LogP contribution in [0.3, 0.4) is 0 Å². The Morgan fingerprint density at radius 3 is 2.37 bits per heavy atom. The van der Waals surface area contributed by atoms with E-state index in [1.807, 2.05) is 24.3 Å². The molecule has 0 fully saturated rings. The van der Waals surface area contributed by atoms with Crippen LogP contribution >= 0.6 is 15.9 Å². The first-order chi connectivity index (χ1) is 9.00. The predicted molar refractivity (Wildman–Crippen MR) is 81.3 cm³/mol. The van der Waals surface area contributed by atoms with Gasteiger partial charge in [-0.3, -0.25) is 9.69 Å². The Labute approximate surface area is 123 Å². The summed E-state index contributed by atoms with van der Waals surface area (Å²) in [6.07, 6.45) is 0.902. The lowest BCUT2D eigenvalue weighted by Crippen LogP contribution is -2.47. The van der Waals surface area contributed by atoms with Gasteiger partial charge in [0.15, 0.2) is 0 Å². The lowest BCUT2D eigenvalue weighted by molar-refractivity contribution is -0.141. The summed E-state index contributed by atoms with van der Waals surface area (Å²) in [6, 6.07) is 7.99. The van der Waals surface area contributed by atoms with Crippen LogP contribution in [0.1, 0.15) is 39.2 Å². The van der Waals surface area contributed by atoms with E-state index in [-0.39, 0.29) is 6.42 Å². The summed E-state index contributed by atoms with van der Waals surface area (Å²) in [5.41, 5.74) is 0.634. The van der Waals surface area contributed by atoms with E-state index in [1.165, 1.54) is 0 Å². The number of rotatable bonds is 7. The van der Waals surface area contributed by atoms with Gasteiger partial charge in [-0.15, -0.1) is 0 Å². The maximum atomic E-state index is 11.3. The van der Waals surface area contributed by atoms with E-state index < -0.39 is 11.5 Å². The lowest BCUT2D eigenvalue weighted by atomic mass is 9.82. The average molecular weight is 328 g/mol. The van der Waals surface area contributed by atoms with Gasteiger partial charge in [-0.05, 0) is 37.2 Å². The summed E-state index contributed by atoms with van der Waals surface area (Å²) in [5.74, 6) is -0.756. The van der Waals surface area contributed by atoms with Crippen LogP contribution in [0.25, 0.3) is 0 Å². The summed E-state index contributed by atoms with van der Waals surface area (Å²) >= 11 is 3.48. The molecule has 0 heterocycles. The maximum Gasteiger partial charge on any atom is 0.305 e. The van der Waals surface area contributed by atoms with Gasteiger partial charge in [0.1, 0.15) is 0 Å². The van der Waals surface area contributed by atoms with Crippen molar-refractivity contribution < 1.29 is 9.90 Å². The van der Waals surface area contributed by atoms with Crippen LogP contribution in [0.2, 0.25) is 0 Å². The molecule has 0 saturated heterocycles. The molecule has 1 atom stereocenters. The molecule has 0 aromatic heterocycles. The van der Waals surface area contributed by atoms with Crippen molar-refractivity contribution in [2.45, 2.75) is 39.2 Å². The number of hydrogen-bond acceptors (Lipinski definition) is 2. The van der Waals surface area contributed by atoms with Gasteiger partial charge < -0.3 is 5.11 Å². The number of halogens is 1. The minimum atomic E-state index is -0.756. The number of carboxylic acids is 1. The second-order valence-electron chi connectivity index (χ2n) is 4.64. The van der Waals surface area contributed by atoms with Crippen molar-refractivity contribution in [2.75, 3.05) is 13.1 Å². The van der Waals surface area contributed by atoms with Crippen molar-refractivity contribution in [1.82, 2.24) is 4.90 Å². The van der Waals surface area contributed by atoms with Gasteiger partial charge >= 0.3 is 5.97 Å². The second kappa shape index (κ2) is 7.06. The Hall–Kier alpha value is -0.870. The predicted octanol–water partition coefficient (Wildman–Crippen LogP) is 3.87. The highest BCUT2D eigenvalue weighted by atomic mass is 79.9. The van der Waals surface area contributed by atoms with Gasteiger partial charge in [-0.2, -0.15) is 0 Å². The van der Waals surface area contributed by atoms with Gasteiger partial charge in [-0.25, -0.2) is 0 Å². The third-order valence-corrected chi connectivity index (χ3v) is 4.25. The molecule has 106 valence electrons. The number of carboxylic acid groups (broad SMARTS) is 1. The van der Waals surface area contributed by atoms with E-state index in [0.717, 1.165) is 29.5 Å². The first-order valence-corrected chi connectivity index (χ1v) is 7.52. The van der Waals surface area contributed by atoms with E-state index in [9.17, 15) is 9.90 Å². The van der Waals surface area contributed by atoms with Gasteiger partial charge in [0.2, 0.25) is 0 Å². The maximum absolute atomic E-state index is 11.3. The molecule has 1 aromatic rings. The Balaban J connectivity index is 3.34. The topological polar surface area (TPSA) is 40.5 Å². The lowest BCUT2D eigenvalue weighted by Gasteiger charge is -2.42. The smallest absolute Gasteiger partial charge is 0.305 e. The average Bonchev–Trinajstić information content (AvgIpc) is 2.38. The van der Waals surface area contributed by atoms with Gasteiger partial charge in [0.05, 0.1) is 12.0 Å². The van der Waals surface area contributed by atoms with Crippen LogP contribution in [0, 0.1) is 0 Å². The summed E-state index contributed by atoms with van der Waals surface area (Å²) < 4.78 is 0.986. The van der Waals surface area contributed by atoms with Crippen LogP contribution in [0.4, 0.5) is 0 Å². The second-order valence-corrected chi connectivity index (χ2v) is 5.55. The standard InChI is InChI=1S/C15H22BrNO2/c1-4-15(11-14(18)19,17(5-2)6-3)12-8-7-9-13(16)10-12/h7-10H,4-6,11H2,1-3H3,(H,18,19). The molecule has 0 spiro atoms. The highest BCUT2D eigenvalue weighted by Gasteiger charge is 2.37. The van der Waals surface area contributed by atoms with Crippen molar-refractivity contribution in [3.63, 3.8) is 0 Å². The van der Waals surface area contributed by atoms with E-state index in [2.05, 4.69) is 41.6 Å². The molecule has 0 aliphatic rings. The molecule has 0 amide bonds. The first kappa shape index (κ1) is 16.2. The molecule has 0 saturated carbocycles. The fraction of sp³-hybridized carbons (Fsp3) is 0.533. The highest BCUT2D eigenvalue weighted by Crippen LogP contribution is 2.36. The molecule has 3 nitrogen and oxygen atoms in total. The van der Waals surface area contributed by atoms with Gasteiger partial charge in [0.25, 0.3) is 0 Å². The highest BCUT2D eigenvalue weighted by molar-refractivity contribution is 9.10. The van der Waals surface area contributed by atoms with Crippen LogP contribution < -0.4 is 0 Å². The van der Waals surface area contributed by atoms with Crippen molar-refractivity contribution in [2.24, 2.45) is 0 Å². The largest absolute Gasteiger partial charge is 0.481 e. The molecule has 0 radical (unpaired) electrons. The summed E-state index contributed by atoms with van der Waals surface area (Å²) in [5, 5.41) is 9.31.